The number of carbonyl (C=O) groups is 1. The van der Waals surface area contributed by atoms with Gasteiger partial charge in [-0.15, -0.1) is 0 Å². The molecule has 2 aromatic rings. The number of piperazine rings is 1. The van der Waals surface area contributed by atoms with Crippen molar-refractivity contribution in [1.82, 2.24) is 4.90 Å². The molecule has 0 atom stereocenters. The molecule has 0 aliphatic carbocycles. The molecule has 1 aliphatic rings. The first-order valence-electron chi connectivity index (χ1n) is 9.65. The molecule has 4 heteroatoms. The average molecular weight is 367 g/mol. The Morgan fingerprint density at radius 1 is 0.889 bits per heavy atom. The molecule has 144 valence electrons. The summed E-state index contributed by atoms with van der Waals surface area (Å²) in [5.74, 6) is 0.388. The van der Waals surface area contributed by atoms with E-state index in [1.54, 1.807) is 0 Å². The van der Waals surface area contributed by atoms with Crippen LogP contribution in [0, 0.1) is 5.41 Å². The molecule has 1 fully saturated rings. The van der Waals surface area contributed by atoms with Crippen LogP contribution in [0.4, 0.5) is 5.69 Å². The van der Waals surface area contributed by atoms with Crippen molar-refractivity contribution >= 4 is 11.7 Å². The van der Waals surface area contributed by atoms with E-state index in [4.69, 9.17) is 4.74 Å². The van der Waals surface area contributed by atoms with Gasteiger partial charge in [0.15, 0.2) is 0 Å². The lowest BCUT2D eigenvalue weighted by Crippen LogP contribution is -2.44. The van der Waals surface area contributed by atoms with Gasteiger partial charge >= 0.3 is 5.97 Å². The van der Waals surface area contributed by atoms with Gasteiger partial charge < -0.3 is 14.5 Å². The molecule has 1 saturated heterocycles. The van der Waals surface area contributed by atoms with Gasteiger partial charge in [0.25, 0.3) is 0 Å². The predicted molar refractivity (Wildman–Crippen MR) is 110 cm³/mol. The summed E-state index contributed by atoms with van der Waals surface area (Å²) in [6.45, 7) is 9.98. The number of ether oxygens (including phenoxy) is 1. The number of nitrogens with zero attached hydrogens (tertiary/aromatic N) is 2. The van der Waals surface area contributed by atoms with Crippen molar-refractivity contribution in [2.24, 2.45) is 5.41 Å². The van der Waals surface area contributed by atoms with Crippen LogP contribution in [-0.4, -0.2) is 44.1 Å². The number of benzene rings is 2. The fourth-order valence-electron chi connectivity index (χ4n) is 3.06. The third-order valence-electron chi connectivity index (χ3n) is 4.96. The Bertz CT molecular complexity index is 752. The number of rotatable bonds is 4. The van der Waals surface area contributed by atoms with Crippen LogP contribution >= 0.6 is 0 Å². The second-order valence-corrected chi connectivity index (χ2v) is 8.42. The topological polar surface area (TPSA) is 32.8 Å². The van der Waals surface area contributed by atoms with E-state index in [2.05, 4.69) is 41.1 Å². The molecule has 0 radical (unpaired) electrons. The standard InChI is InChI=1S/C23H30N2O2/c1-23(2,3)22(26)27-21-11-7-19(8-12-21)17-18-5-9-20(10-6-18)25-15-13-24(4)14-16-25/h5-12H,13-17H2,1-4H3. The Balaban J connectivity index is 1.58. The normalized spacial score (nSPS) is 15.6. The highest BCUT2D eigenvalue weighted by molar-refractivity contribution is 5.77. The van der Waals surface area contributed by atoms with Crippen LogP contribution in [0.15, 0.2) is 48.5 Å². The smallest absolute Gasteiger partial charge is 0.316 e. The van der Waals surface area contributed by atoms with Crippen LogP contribution in [0.5, 0.6) is 5.75 Å². The van der Waals surface area contributed by atoms with Crippen LogP contribution in [0.1, 0.15) is 31.9 Å². The Morgan fingerprint density at radius 2 is 1.41 bits per heavy atom. The largest absolute Gasteiger partial charge is 0.426 e. The molecule has 0 saturated carbocycles. The van der Waals surface area contributed by atoms with E-state index in [-0.39, 0.29) is 5.97 Å². The Morgan fingerprint density at radius 3 is 1.93 bits per heavy atom. The monoisotopic (exact) mass is 366 g/mol. The summed E-state index contributed by atoms with van der Waals surface area (Å²) >= 11 is 0. The number of carbonyl (C=O) groups excluding carboxylic acids is 1. The van der Waals surface area contributed by atoms with E-state index >= 15 is 0 Å². The fourth-order valence-corrected chi connectivity index (χ4v) is 3.06. The summed E-state index contributed by atoms with van der Waals surface area (Å²) in [7, 11) is 2.18. The zero-order valence-corrected chi connectivity index (χ0v) is 16.9. The van der Waals surface area contributed by atoms with Gasteiger partial charge in [0.05, 0.1) is 5.41 Å². The third kappa shape index (κ3) is 5.33. The number of hydrogen-bond donors (Lipinski definition) is 0. The summed E-state index contributed by atoms with van der Waals surface area (Å²) in [6.07, 6.45) is 0.872. The SMILES string of the molecule is CN1CCN(c2ccc(Cc3ccc(OC(=O)C(C)(C)C)cc3)cc2)CC1. The lowest BCUT2D eigenvalue weighted by Gasteiger charge is -2.34. The minimum atomic E-state index is -0.496. The van der Waals surface area contributed by atoms with Crippen LogP contribution < -0.4 is 9.64 Å². The first-order chi connectivity index (χ1) is 12.8. The molecule has 0 unspecified atom stereocenters. The average Bonchev–Trinajstić information content (AvgIpc) is 2.64. The molecule has 0 N–H and O–H groups in total. The summed E-state index contributed by atoms with van der Waals surface area (Å²) in [5, 5.41) is 0. The minimum Gasteiger partial charge on any atom is -0.426 e. The second-order valence-electron chi connectivity index (χ2n) is 8.42. The minimum absolute atomic E-state index is 0.213. The van der Waals surface area contributed by atoms with Gasteiger partial charge in [-0.3, -0.25) is 4.79 Å². The van der Waals surface area contributed by atoms with Crippen molar-refractivity contribution in [3.8, 4) is 5.75 Å². The van der Waals surface area contributed by atoms with Gasteiger partial charge in [-0.1, -0.05) is 24.3 Å². The molecule has 4 nitrogen and oxygen atoms in total. The maximum atomic E-state index is 12.0. The molecule has 0 amide bonds. The summed E-state index contributed by atoms with van der Waals surface area (Å²) < 4.78 is 5.43. The highest BCUT2D eigenvalue weighted by atomic mass is 16.5. The van der Waals surface area contributed by atoms with Gasteiger partial charge in [0.1, 0.15) is 5.75 Å². The van der Waals surface area contributed by atoms with Crippen molar-refractivity contribution in [2.75, 3.05) is 38.1 Å². The quantitative estimate of drug-likeness (QED) is 0.605. The number of esters is 1. The second kappa shape index (κ2) is 8.13. The van der Waals surface area contributed by atoms with Gasteiger partial charge in [0, 0.05) is 31.9 Å². The fraction of sp³-hybridized carbons (Fsp3) is 0.435. The van der Waals surface area contributed by atoms with Crippen molar-refractivity contribution in [3.05, 3.63) is 59.7 Å². The summed E-state index contributed by atoms with van der Waals surface area (Å²) in [6, 6.07) is 16.7. The van der Waals surface area contributed by atoms with Gasteiger partial charge in [-0.05, 0) is 69.6 Å². The molecule has 1 aliphatic heterocycles. The number of likely N-dealkylation sites (N-methyl/N-ethyl adjacent to an activating group) is 1. The van der Waals surface area contributed by atoms with Crippen LogP contribution in [0.2, 0.25) is 0 Å². The summed E-state index contributed by atoms with van der Waals surface area (Å²) in [5.41, 5.74) is 3.30. The number of hydrogen-bond acceptors (Lipinski definition) is 4. The van der Waals surface area contributed by atoms with E-state index in [1.807, 2.05) is 45.0 Å². The first-order valence-corrected chi connectivity index (χ1v) is 9.65. The van der Waals surface area contributed by atoms with Crippen LogP contribution in [0.25, 0.3) is 0 Å². The molecule has 0 bridgehead atoms. The molecule has 0 spiro atoms. The first kappa shape index (κ1) is 19.4. The predicted octanol–water partition coefficient (Wildman–Crippen LogP) is 3.98. The highest BCUT2D eigenvalue weighted by Gasteiger charge is 2.23. The number of anilines is 1. The van der Waals surface area contributed by atoms with Crippen molar-refractivity contribution in [3.63, 3.8) is 0 Å². The molecular weight excluding hydrogens is 336 g/mol. The van der Waals surface area contributed by atoms with E-state index in [1.165, 1.54) is 16.8 Å². The van der Waals surface area contributed by atoms with E-state index in [0.29, 0.717) is 5.75 Å². The van der Waals surface area contributed by atoms with Gasteiger partial charge in [0.2, 0.25) is 0 Å². The summed E-state index contributed by atoms with van der Waals surface area (Å²) in [4.78, 5) is 16.8. The van der Waals surface area contributed by atoms with Crippen molar-refractivity contribution < 1.29 is 9.53 Å². The van der Waals surface area contributed by atoms with Crippen LogP contribution in [-0.2, 0) is 11.2 Å². The molecular formula is C23H30N2O2. The van der Waals surface area contributed by atoms with Gasteiger partial charge in [-0.2, -0.15) is 0 Å². The Labute approximate surface area is 162 Å². The van der Waals surface area contributed by atoms with Crippen LogP contribution in [0.3, 0.4) is 0 Å². The molecule has 1 heterocycles. The molecule has 0 aromatic heterocycles. The molecule has 27 heavy (non-hydrogen) atoms. The van der Waals surface area contributed by atoms with E-state index < -0.39 is 5.41 Å². The third-order valence-corrected chi connectivity index (χ3v) is 4.96. The maximum absolute atomic E-state index is 12.0. The molecule has 3 rings (SSSR count). The van der Waals surface area contributed by atoms with Gasteiger partial charge in [-0.25, -0.2) is 0 Å². The molecule has 2 aromatic carbocycles. The van der Waals surface area contributed by atoms with Crippen molar-refractivity contribution in [1.29, 1.82) is 0 Å². The van der Waals surface area contributed by atoms with Crippen molar-refractivity contribution in [2.45, 2.75) is 27.2 Å². The Hall–Kier alpha value is -2.33. The lowest BCUT2D eigenvalue weighted by molar-refractivity contribution is -0.142. The lowest BCUT2D eigenvalue weighted by atomic mass is 9.97. The zero-order valence-electron chi connectivity index (χ0n) is 16.9. The Kier molecular flexibility index (Phi) is 5.85. The maximum Gasteiger partial charge on any atom is 0.316 e. The van der Waals surface area contributed by atoms with E-state index in [0.717, 1.165) is 32.6 Å². The zero-order chi connectivity index (χ0) is 19.4. The highest BCUT2D eigenvalue weighted by Crippen LogP contribution is 2.22. The van der Waals surface area contributed by atoms with E-state index in [9.17, 15) is 4.79 Å².